The van der Waals surface area contributed by atoms with Crippen molar-refractivity contribution in [3.8, 4) is 0 Å². The maximum absolute atomic E-state index is 11.4. The summed E-state index contributed by atoms with van der Waals surface area (Å²) >= 11 is 0. The van der Waals surface area contributed by atoms with E-state index < -0.39 is 0 Å². The minimum atomic E-state index is -0.137. The first-order valence-electron chi connectivity index (χ1n) is 4.82. The quantitative estimate of drug-likeness (QED) is 0.613. The number of Topliss-reactive ketones (excluding diaryl/α,β-unsaturated/α-hetero) is 1. The molecule has 0 aromatic carbocycles. The van der Waals surface area contributed by atoms with Gasteiger partial charge in [0.2, 0.25) is 0 Å². The summed E-state index contributed by atoms with van der Waals surface area (Å²) in [6, 6.07) is 0. The lowest BCUT2D eigenvalue weighted by Gasteiger charge is -2.20. The third-order valence-corrected chi connectivity index (χ3v) is 2.23. The van der Waals surface area contributed by atoms with Crippen molar-refractivity contribution < 1.29 is 14.3 Å². The van der Waals surface area contributed by atoms with Crippen LogP contribution >= 0.6 is 0 Å². The van der Waals surface area contributed by atoms with E-state index in [0.717, 1.165) is 0 Å². The Hall–Kier alpha value is -0.860. The smallest absolute Gasteiger partial charge is 0.309 e. The number of carbonyl (C=O) groups excluding carboxylic acids is 2. The van der Waals surface area contributed by atoms with E-state index in [4.69, 9.17) is 4.74 Å². The lowest BCUT2D eigenvalue weighted by Crippen LogP contribution is -2.25. The molecule has 1 aliphatic rings. The third kappa shape index (κ3) is 3.17. The van der Waals surface area contributed by atoms with Gasteiger partial charge in [0.05, 0.1) is 12.0 Å². The van der Waals surface area contributed by atoms with Crippen LogP contribution in [0, 0.1) is 5.92 Å². The average molecular weight is 184 g/mol. The lowest BCUT2D eigenvalue weighted by atomic mass is 9.88. The fraction of sp³-hybridized carbons (Fsp3) is 0.800. The number of carbonyl (C=O) groups is 2. The van der Waals surface area contributed by atoms with Gasteiger partial charge < -0.3 is 4.74 Å². The fourth-order valence-electron chi connectivity index (χ4n) is 1.50. The number of esters is 1. The van der Waals surface area contributed by atoms with Gasteiger partial charge in [0.25, 0.3) is 0 Å². The molecule has 3 heteroatoms. The largest absolute Gasteiger partial charge is 0.463 e. The van der Waals surface area contributed by atoms with Crippen LogP contribution in [-0.2, 0) is 14.3 Å². The van der Waals surface area contributed by atoms with Gasteiger partial charge in [0, 0.05) is 12.8 Å². The second-order valence-corrected chi connectivity index (χ2v) is 3.80. The van der Waals surface area contributed by atoms with Crippen molar-refractivity contribution in [1.82, 2.24) is 0 Å². The SMILES string of the molecule is CC(C)OC(=O)C1CCC(=O)CC1. The van der Waals surface area contributed by atoms with Crippen LogP contribution in [0.25, 0.3) is 0 Å². The third-order valence-electron chi connectivity index (χ3n) is 2.23. The molecule has 1 aliphatic carbocycles. The summed E-state index contributed by atoms with van der Waals surface area (Å²) in [6.45, 7) is 3.68. The zero-order valence-corrected chi connectivity index (χ0v) is 8.21. The van der Waals surface area contributed by atoms with Gasteiger partial charge in [-0.1, -0.05) is 0 Å². The van der Waals surface area contributed by atoms with Crippen LogP contribution in [0.4, 0.5) is 0 Å². The van der Waals surface area contributed by atoms with Crippen molar-refractivity contribution in [2.24, 2.45) is 5.92 Å². The van der Waals surface area contributed by atoms with Gasteiger partial charge in [0.1, 0.15) is 5.78 Å². The van der Waals surface area contributed by atoms with Gasteiger partial charge >= 0.3 is 5.97 Å². The van der Waals surface area contributed by atoms with Gasteiger partial charge in [-0.25, -0.2) is 0 Å². The van der Waals surface area contributed by atoms with E-state index in [2.05, 4.69) is 0 Å². The van der Waals surface area contributed by atoms with E-state index >= 15 is 0 Å². The van der Waals surface area contributed by atoms with Crippen molar-refractivity contribution >= 4 is 11.8 Å². The highest BCUT2D eigenvalue weighted by atomic mass is 16.5. The summed E-state index contributed by atoms with van der Waals surface area (Å²) < 4.78 is 5.07. The Kier molecular flexibility index (Phi) is 3.46. The first kappa shape index (κ1) is 10.2. The van der Waals surface area contributed by atoms with E-state index in [9.17, 15) is 9.59 Å². The van der Waals surface area contributed by atoms with E-state index in [-0.39, 0.29) is 23.8 Å². The van der Waals surface area contributed by atoms with Gasteiger partial charge in [-0.15, -0.1) is 0 Å². The summed E-state index contributed by atoms with van der Waals surface area (Å²) in [6.07, 6.45) is 2.37. The molecule has 1 saturated carbocycles. The molecule has 0 heterocycles. The highest BCUT2D eigenvalue weighted by Crippen LogP contribution is 2.22. The Morgan fingerprint density at radius 2 is 1.92 bits per heavy atom. The molecule has 0 aliphatic heterocycles. The number of hydrogen-bond donors (Lipinski definition) is 0. The van der Waals surface area contributed by atoms with Crippen molar-refractivity contribution in [1.29, 1.82) is 0 Å². The molecule has 0 amide bonds. The number of ether oxygens (including phenoxy) is 1. The zero-order valence-electron chi connectivity index (χ0n) is 8.21. The Morgan fingerprint density at radius 1 is 1.38 bits per heavy atom. The highest BCUT2D eigenvalue weighted by Gasteiger charge is 2.26. The molecule has 0 aromatic rings. The van der Waals surface area contributed by atoms with Crippen LogP contribution < -0.4 is 0 Å². The highest BCUT2D eigenvalue weighted by molar-refractivity contribution is 5.82. The second kappa shape index (κ2) is 4.40. The van der Waals surface area contributed by atoms with Crippen molar-refractivity contribution in [2.75, 3.05) is 0 Å². The Bertz CT molecular complexity index is 198. The molecule has 0 atom stereocenters. The van der Waals surface area contributed by atoms with Gasteiger partial charge in [0.15, 0.2) is 0 Å². The molecule has 0 aromatic heterocycles. The van der Waals surface area contributed by atoms with Crippen molar-refractivity contribution in [2.45, 2.75) is 45.6 Å². The summed E-state index contributed by atoms with van der Waals surface area (Å²) in [5.74, 6) is 0.0937. The molecule has 3 nitrogen and oxygen atoms in total. The minimum absolute atomic E-state index is 0.0416. The molecule has 0 radical (unpaired) electrons. The monoisotopic (exact) mass is 184 g/mol. The number of rotatable bonds is 2. The first-order chi connectivity index (χ1) is 6.09. The molecular formula is C10H16O3. The van der Waals surface area contributed by atoms with E-state index in [1.807, 2.05) is 13.8 Å². The number of ketones is 1. The zero-order chi connectivity index (χ0) is 9.84. The van der Waals surface area contributed by atoms with E-state index in [1.54, 1.807) is 0 Å². The number of hydrogen-bond acceptors (Lipinski definition) is 3. The Morgan fingerprint density at radius 3 is 2.38 bits per heavy atom. The molecule has 74 valence electrons. The molecule has 1 rings (SSSR count). The normalized spacial score (nSPS) is 19.2. The molecule has 1 fully saturated rings. The molecule has 0 saturated heterocycles. The van der Waals surface area contributed by atoms with Crippen molar-refractivity contribution in [3.63, 3.8) is 0 Å². The van der Waals surface area contributed by atoms with Gasteiger partial charge in [-0.05, 0) is 26.7 Å². The Labute approximate surface area is 78.5 Å². The lowest BCUT2D eigenvalue weighted by molar-refractivity contribution is -0.153. The molecule has 13 heavy (non-hydrogen) atoms. The minimum Gasteiger partial charge on any atom is -0.463 e. The summed E-state index contributed by atoms with van der Waals surface area (Å²) in [7, 11) is 0. The van der Waals surface area contributed by atoms with Crippen LogP contribution in [0.3, 0.4) is 0 Å². The topological polar surface area (TPSA) is 43.4 Å². The van der Waals surface area contributed by atoms with Crippen molar-refractivity contribution in [3.05, 3.63) is 0 Å². The molecule has 0 spiro atoms. The standard InChI is InChI=1S/C10H16O3/c1-7(2)13-10(12)8-3-5-9(11)6-4-8/h7-8H,3-6H2,1-2H3. The van der Waals surface area contributed by atoms with Crippen LogP contribution in [0.5, 0.6) is 0 Å². The van der Waals surface area contributed by atoms with Gasteiger partial charge in [-0.3, -0.25) is 9.59 Å². The maximum atomic E-state index is 11.4. The van der Waals surface area contributed by atoms with Gasteiger partial charge in [-0.2, -0.15) is 0 Å². The van der Waals surface area contributed by atoms with Crippen LogP contribution in [0.1, 0.15) is 39.5 Å². The summed E-state index contributed by atoms with van der Waals surface area (Å²) in [4.78, 5) is 22.3. The average Bonchev–Trinajstić information content (AvgIpc) is 2.04. The molecular weight excluding hydrogens is 168 g/mol. The second-order valence-electron chi connectivity index (χ2n) is 3.80. The van der Waals surface area contributed by atoms with E-state index in [1.165, 1.54) is 0 Å². The van der Waals surface area contributed by atoms with Crippen LogP contribution in [-0.4, -0.2) is 17.9 Å². The predicted octanol–water partition coefficient (Wildman–Crippen LogP) is 1.70. The van der Waals surface area contributed by atoms with Crippen LogP contribution in [0.15, 0.2) is 0 Å². The van der Waals surface area contributed by atoms with Crippen LogP contribution in [0.2, 0.25) is 0 Å². The molecule has 0 N–H and O–H groups in total. The summed E-state index contributed by atoms with van der Waals surface area (Å²) in [5, 5.41) is 0. The maximum Gasteiger partial charge on any atom is 0.309 e. The molecule has 0 bridgehead atoms. The Balaban J connectivity index is 2.35. The predicted molar refractivity (Wildman–Crippen MR) is 48.2 cm³/mol. The summed E-state index contributed by atoms with van der Waals surface area (Å²) in [5.41, 5.74) is 0. The van der Waals surface area contributed by atoms with E-state index in [0.29, 0.717) is 25.7 Å². The molecule has 0 unspecified atom stereocenters. The first-order valence-corrected chi connectivity index (χ1v) is 4.82. The fourth-order valence-corrected chi connectivity index (χ4v) is 1.50.